The summed E-state index contributed by atoms with van der Waals surface area (Å²) in [5, 5.41) is 16.4. The first kappa shape index (κ1) is 14.2. The number of thiophene rings is 1. The molecule has 0 aliphatic carbocycles. The Bertz CT molecular complexity index is 588. The maximum Gasteiger partial charge on any atom is 0.273 e. The quantitative estimate of drug-likeness (QED) is 0.903. The van der Waals surface area contributed by atoms with Crippen LogP contribution in [-0.2, 0) is 0 Å². The van der Waals surface area contributed by atoms with Crippen molar-refractivity contribution in [2.24, 2.45) is 0 Å². The largest absolute Gasteiger partial charge is 0.343 e. The summed E-state index contributed by atoms with van der Waals surface area (Å²) in [5.74, 6) is -0.170. The number of carbonyl (C=O) groups excluding carboxylic acids is 1. The number of hydrogen-bond donors (Lipinski definition) is 2. The zero-order valence-electron chi connectivity index (χ0n) is 12.0. The maximum atomic E-state index is 12.2. The van der Waals surface area contributed by atoms with Crippen LogP contribution >= 0.6 is 11.3 Å². The molecule has 2 aromatic heterocycles. The normalized spacial score (nSPS) is 17.6. The van der Waals surface area contributed by atoms with E-state index in [-0.39, 0.29) is 11.9 Å². The van der Waals surface area contributed by atoms with Crippen LogP contribution < -0.4 is 10.6 Å². The van der Waals surface area contributed by atoms with Crippen molar-refractivity contribution in [3.05, 3.63) is 34.3 Å². The monoisotopic (exact) mass is 305 g/mol. The van der Waals surface area contributed by atoms with E-state index in [0.717, 1.165) is 30.8 Å². The summed E-state index contributed by atoms with van der Waals surface area (Å²) >= 11 is 1.63. The van der Waals surface area contributed by atoms with Crippen LogP contribution in [0.2, 0.25) is 0 Å². The lowest BCUT2D eigenvalue weighted by atomic mass is 10.1. The average molecular weight is 305 g/mol. The highest BCUT2D eigenvalue weighted by atomic mass is 32.1. The van der Waals surface area contributed by atoms with Crippen molar-refractivity contribution in [2.75, 3.05) is 13.1 Å². The van der Waals surface area contributed by atoms with Gasteiger partial charge < -0.3 is 10.6 Å². The molecule has 0 bridgehead atoms. The fourth-order valence-corrected chi connectivity index (χ4v) is 3.24. The van der Waals surface area contributed by atoms with Crippen LogP contribution in [0.1, 0.15) is 47.2 Å². The summed E-state index contributed by atoms with van der Waals surface area (Å²) in [6.07, 6.45) is 3.80. The molecule has 2 N–H and O–H groups in total. The fourth-order valence-electron chi connectivity index (χ4n) is 2.51. The molecule has 1 amide bonds. The van der Waals surface area contributed by atoms with Gasteiger partial charge in [0.25, 0.3) is 5.91 Å². The highest BCUT2D eigenvalue weighted by molar-refractivity contribution is 7.10. The molecule has 3 rings (SSSR count). The second-order valence-corrected chi connectivity index (χ2v) is 6.25. The lowest BCUT2D eigenvalue weighted by Crippen LogP contribution is -2.29. The van der Waals surface area contributed by atoms with E-state index in [0.29, 0.717) is 11.7 Å². The molecular weight excluding hydrogens is 286 g/mol. The summed E-state index contributed by atoms with van der Waals surface area (Å²) in [6.45, 7) is 3.95. The molecule has 21 heavy (non-hydrogen) atoms. The van der Waals surface area contributed by atoms with E-state index in [1.165, 1.54) is 0 Å². The van der Waals surface area contributed by atoms with Crippen LogP contribution in [0.5, 0.6) is 0 Å². The molecule has 0 radical (unpaired) electrons. The van der Waals surface area contributed by atoms with Crippen LogP contribution in [0.4, 0.5) is 0 Å². The number of amides is 1. The van der Waals surface area contributed by atoms with Crippen molar-refractivity contribution in [2.45, 2.75) is 31.8 Å². The Morgan fingerprint density at radius 2 is 2.33 bits per heavy atom. The van der Waals surface area contributed by atoms with Crippen molar-refractivity contribution in [3.63, 3.8) is 0 Å². The van der Waals surface area contributed by atoms with E-state index in [1.807, 2.05) is 29.1 Å². The smallest absolute Gasteiger partial charge is 0.273 e. The predicted octanol–water partition coefficient (Wildman–Crippen LogP) is 1.76. The number of hydrogen-bond acceptors (Lipinski definition) is 5. The Morgan fingerprint density at radius 1 is 1.52 bits per heavy atom. The third-order valence-corrected chi connectivity index (χ3v) is 4.80. The first-order chi connectivity index (χ1) is 10.2. The third-order valence-electron chi connectivity index (χ3n) is 3.74. The van der Waals surface area contributed by atoms with Crippen molar-refractivity contribution < 1.29 is 4.79 Å². The molecule has 2 aromatic rings. The third kappa shape index (κ3) is 3.30. The summed E-state index contributed by atoms with van der Waals surface area (Å²) in [6, 6.07) is 4.33. The van der Waals surface area contributed by atoms with E-state index in [1.54, 1.807) is 17.5 Å². The molecule has 1 aliphatic heterocycles. The molecule has 112 valence electrons. The van der Waals surface area contributed by atoms with Crippen LogP contribution in [0.25, 0.3) is 0 Å². The van der Waals surface area contributed by atoms with Crippen molar-refractivity contribution in [3.8, 4) is 0 Å². The van der Waals surface area contributed by atoms with Crippen LogP contribution in [0, 0.1) is 0 Å². The molecule has 1 aliphatic rings. The van der Waals surface area contributed by atoms with Gasteiger partial charge in [-0.05, 0) is 44.3 Å². The number of rotatable bonds is 4. The van der Waals surface area contributed by atoms with E-state index >= 15 is 0 Å². The Morgan fingerprint density at radius 3 is 3.05 bits per heavy atom. The van der Waals surface area contributed by atoms with Crippen LogP contribution in [0.15, 0.2) is 23.7 Å². The minimum atomic E-state index is -0.170. The van der Waals surface area contributed by atoms with Crippen molar-refractivity contribution in [1.82, 2.24) is 25.6 Å². The van der Waals surface area contributed by atoms with Gasteiger partial charge in [0.2, 0.25) is 0 Å². The molecule has 6 nitrogen and oxygen atoms in total. The first-order valence-electron chi connectivity index (χ1n) is 7.21. The Balaban J connectivity index is 1.63. The highest BCUT2D eigenvalue weighted by Gasteiger charge is 2.19. The van der Waals surface area contributed by atoms with Gasteiger partial charge >= 0.3 is 0 Å². The van der Waals surface area contributed by atoms with E-state index in [2.05, 4.69) is 20.9 Å². The summed E-state index contributed by atoms with van der Waals surface area (Å²) < 4.78 is 1.82. The van der Waals surface area contributed by atoms with Crippen molar-refractivity contribution >= 4 is 17.2 Å². The SMILES string of the molecule is C[C@H](NC(=O)c1cn(C2CCNCC2)nn1)c1cccs1. The van der Waals surface area contributed by atoms with Gasteiger partial charge in [0.1, 0.15) is 0 Å². The number of carbonyl (C=O) groups is 1. The van der Waals surface area contributed by atoms with Gasteiger partial charge in [-0.25, -0.2) is 4.68 Å². The molecule has 0 aromatic carbocycles. The Kier molecular flexibility index (Phi) is 4.31. The Hall–Kier alpha value is -1.73. The van der Waals surface area contributed by atoms with Gasteiger partial charge in [-0.3, -0.25) is 4.79 Å². The predicted molar refractivity (Wildman–Crippen MR) is 81.4 cm³/mol. The van der Waals surface area contributed by atoms with E-state index in [9.17, 15) is 4.79 Å². The summed E-state index contributed by atoms with van der Waals surface area (Å²) in [4.78, 5) is 13.3. The molecule has 1 saturated heterocycles. The second-order valence-electron chi connectivity index (χ2n) is 5.28. The molecule has 3 heterocycles. The molecule has 0 saturated carbocycles. The fraction of sp³-hybridized carbons (Fsp3) is 0.500. The van der Waals surface area contributed by atoms with E-state index < -0.39 is 0 Å². The van der Waals surface area contributed by atoms with Gasteiger partial charge in [0, 0.05) is 4.88 Å². The van der Waals surface area contributed by atoms with Crippen LogP contribution in [0.3, 0.4) is 0 Å². The van der Waals surface area contributed by atoms with Gasteiger partial charge in [-0.15, -0.1) is 16.4 Å². The first-order valence-corrected chi connectivity index (χ1v) is 8.09. The lowest BCUT2D eigenvalue weighted by Gasteiger charge is -2.22. The minimum absolute atomic E-state index is 0.0125. The average Bonchev–Trinajstić information content (AvgIpc) is 3.20. The Labute approximate surface area is 127 Å². The highest BCUT2D eigenvalue weighted by Crippen LogP contribution is 2.19. The number of piperidine rings is 1. The van der Waals surface area contributed by atoms with Gasteiger partial charge in [0.15, 0.2) is 5.69 Å². The summed E-state index contributed by atoms with van der Waals surface area (Å²) in [7, 11) is 0. The number of aromatic nitrogens is 3. The number of nitrogens with one attached hydrogen (secondary N) is 2. The zero-order chi connectivity index (χ0) is 14.7. The van der Waals surface area contributed by atoms with Gasteiger partial charge in [-0.2, -0.15) is 0 Å². The molecule has 7 heteroatoms. The van der Waals surface area contributed by atoms with Crippen molar-refractivity contribution in [1.29, 1.82) is 0 Å². The van der Waals surface area contributed by atoms with Gasteiger partial charge in [0.05, 0.1) is 18.3 Å². The maximum absolute atomic E-state index is 12.2. The number of nitrogens with zero attached hydrogens (tertiary/aromatic N) is 3. The molecule has 1 atom stereocenters. The van der Waals surface area contributed by atoms with Crippen LogP contribution in [-0.4, -0.2) is 34.0 Å². The van der Waals surface area contributed by atoms with E-state index in [4.69, 9.17) is 0 Å². The molecule has 1 fully saturated rings. The standard InChI is InChI=1S/C14H19N5OS/c1-10(13-3-2-8-21-13)16-14(20)12-9-19(18-17-12)11-4-6-15-7-5-11/h2-3,8-11,15H,4-7H2,1H3,(H,16,20)/t10-/m0/s1. The lowest BCUT2D eigenvalue weighted by molar-refractivity contribution is 0.0935. The second kappa shape index (κ2) is 6.36. The summed E-state index contributed by atoms with van der Waals surface area (Å²) in [5.41, 5.74) is 0.386. The van der Waals surface area contributed by atoms with Gasteiger partial charge in [-0.1, -0.05) is 11.3 Å². The zero-order valence-corrected chi connectivity index (χ0v) is 12.8. The molecule has 0 spiro atoms. The topological polar surface area (TPSA) is 71.8 Å². The molecular formula is C14H19N5OS. The molecule has 0 unspecified atom stereocenters. The minimum Gasteiger partial charge on any atom is -0.343 e.